The SMILES string of the molecule is Cc1onc(C(=O)N2CCC3(CC2)c2nc[nH]c2CCN3C(=O)C2CC2)c1CO. The van der Waals surface area contributed by atoms with Gasteiger partial charge in [0.15, 0.2) is 5.69 Å². The summed E-state index contributed by atoms with van der Waals surface area (Å²) in [5, 5.41) is 13.4. The molecule has 2 fully saturated rings. The van der Waals surface area contributed by atoms with Gasteiger partial charge in [0.25, 0.3) is 5.91 Å². The van der Waals surface area contributed by atoms with Crippen LogP contribution >= 0.6 is 0 Å². The van der Waals surface area contributed by atoms with Gasteiger partial charge in [-0.1, -0.05) is 5.16 Å². The average molecular weight is 399 g/mol. The lowest BCUT2D eigenvalue weighted by Gasteiger charge is -2.50. The summed E-state index contributed by atoms with van der Waals surface area (Å²) in [6, 6.07) is 0. The van der Waals surface area contributed by atoms with Crippen molar-refractivity contribution in [3.05, 3.63) is 34.7 Å². The number of aromatic nitrogens is 3. The number of likely N-dealkylation sites (tertiary alicyclic amines) is 1. The van der Waals surface area contributed by atoms with Gasteiger partial charge in [-0.2, -0.15) is 0 Å². The Hall–Kier alpha value is -2.68. The number of H-pyrrole nitrogens is 1. The fraction of sp³-hybridized carbons (Fsp3) is 0.600. The van der Waals surface area contributed by atoms with Crippen molar-refractivity contribution in [3.63, 3.8) is 0 Å². The smallest absolute Gasteiger partial charge is 0.276 e. The van der Waals surface area contributed by atoms with E-state index in [4.69, 9.17) is 4.52 Å². The number of carbonyl (C=O) groups excluding carboxylic acids is 2. The van der Waals surface area contributed by atoms with Crippen LogP contribution < -0.4 is 0 Å². The number of hydrogen-bond donors (Lipinski definition) is 2. The topological polar surface area (TPSA) is 116 Å². The van der Waals surface area contributed by atoms with Crippen molar-refractivity contribution < 1.29 is 19.2 Å². The molecule has 1 aliphatic carbocycles. The predicted octanol–water partition coefficient (Wildman–Crippen LogP) is 1.12. The number of aromatic amines is 1. The third-order valence-corrected chi connectivity index (χ3v) is 6.68. The maximum Gasteiger partial charge on any atom is 0.276 e. The van der Waals surface area contributed by atoms with Crippen LogP contribution in [-0.2, 0) is 23.4 Å². The van der Waals surface area contributed by atoms with Gasteiger partial charge >= 0.3 is 0 Å². The lowest BCUT2D eigenvalue weighted by molar-refractivity contribution is -0.143. The standard InChI is InChI=1S/C20H25N5O4/c1-12-14(10-26)16(23-29-12)19(28)24-8-5-20(6-9-24)17-15(21-11-22-17)4-7-25(20)18(27)13-2-3-13/h11,13,26H,2-10H2,1H3,(H,21,22). The molecule has 9 heteroatoms. The van der Waals surface area contributed by atoms with Gasteiger partial charge in [0.1, 0.15) is 5.76 Å². The van der Waals surface area contributed by atoms with E-state index in [-0.39, 0.29) is 30.0 Å². The minimum absolute atomic E-state index is 0.150. The summed E-state index contributed by atoms with van der Waals surface area (Å²) in [5.74, 6) is 0.600. The largest absolute Gasteiger partial charge is 0.391 e. The number of amides is 2. The second-order valence-electron chi connectivity index (χ2n) is 8.29. The van der Waals surface area contributed by atoms with Gasteiger partial charge in [-0.3, -0.25) is 9.59 Å². The second kappa shape index (κ2) is 6.69. The molecule has 0 bridgehead atoms. The molecule has 0 atom stereocenters. The number of hydrogen-bond acceptors (Lipinski definition) is 6. The number of piperidine rings is 1. The monoisotopic (exact) mass is 399 g/mol. The third-order valence-electron chi connectivity index (χ3n) is 6.68. The third kappa shape index (κ3) is 2.78. The molecule has 2 N–H and O–H groups in total. The van der Waals surface area contributed by atoms with Crippen LogP contribution in [0.5, 0.6) is 0 Å². The summed E-state index contributed by atoms with van der Waals surface area (Å²) in [4.78, 5) is 37.6. The van der Waals surface area contributed by atoms with Crippen molar-refractivity contribution >= 4 is 11.8 Å². The van der Waals surface area contributed by atoms with Crippen molar-refractivity contribution in [2.75, 3.05) is 19.6 Å². The number of aryl methyl sites for hydroxylation is 1. The molecular formula is C20H25N5O4. The number of imidazole rings is 1. The van der Waals surface area contributed by atoms with E-state index in [0.717, 1.165) is 30.7 Å². The fourth-order valence-electron chi connectivity index (χ4n) is 4.83. The Morgan fingerprint density at radius 3 is 2.76 bits per heavy atom. The van der Waals surface area contributed by atoms with Gasteiger partial charge in [0, 0.05) is 37.7 Å². The number of aliphatic hydroxyl groups is 1. The first-order valence-corrected chi connectivity index (χ1v) is 10.2. The first-order chi connectivity index (χ1) is 14.0. The van der Waals surface area contributed by atoms with Gasteiger partial charge < -0.3 is 24.4 Å². The van der Waals surface area contributed by atoms with Gasteiger partial charge in [-0.25, -0.2) is 4.98 Å². The summed E-state index contributed by atoms with van der Waals surface area (Å²) in [5.41, 5.74) is 2.21. The quantitative estimate of drug-likeness (QED) is 0.799. The lowest BCUT2D eigenvalue weighted by atomic mass is 9.78. The zero-order valence-electron chi connectivity index (χ0n) is 16.5. The molecule has 1 spiro atoms. The van der Waals surface area contributed by atoms with Gasteiger partial charge in [0.05, 0.1) is 29.7 Å². The molecule has 4 heterocycles. The van der Waals surface area contributed by atoms with Crippen LogP contribution in [0.2, 0.25) is 0 Å². The minimum Gasteiger partial charge on any atom is -0.391 e. The lowest BCUT2D eigenvalue weighted by Crippen LogP contribution is -2.59. The van der Waals surface area contributed by atoms with Crippen molar-refractivity contribution in [3.8, 4) is 0 Å². The van der Waals surface area contributed by atoms with Crippen LogP contribution in [0.25, 0.3) is 0 Å². The number of aliphatic hydroxyl groups excluding tert-OH is 1. The molecule has 9 nitrogen and oxygen atoms in total. The highest BCUT2D eigenvalue weighted by molar-refractivity contribution is 5.94. The molecule has 5 rings (SSSR count). The Balaban J connectivity index is 1.41. The van der Waals surface area contributed by atoms with Crippen LogP contribution in [-0.4, -0.2) is 61.5 Å². The summed E-state index contributed by atoms with van der Waals surface area (Å²) < 4.78 is 5.10. The molecule has 29 heavy (non-hydrogen) atoms. The van der Waals surface area contributed by atoms with E-state index in [1.165, 1.54) is 0 Å². The molecule has 2 aromatic heterocycles. The van der Waals surface area contributed by atoms with Crippen LogP contribution in [0, 0.1) is 12.8 Å². The van der Waals surface area contributed by atoms with Crippen molar-refractivity contribution in [1.82, 2.24) is 24.9 Å². The number of nitrogens with one attached hydrogen (secondary N) is 1. The molecular weight excluding hydrogens is 374 g/mol. The molecule has 1 saturated heterocycles. The van der Waals surface area contributed by atoms with E-state index in [1.807, 2.05) is 4.90 Å². The number of rotatable bonds is 3. The van der Waals surface area contributed by atoms with Crippen LogP contribution in [0.1, 0.15) is 58.9 Å². The van der Waals surface area contributed by atoms with E-state index in [0.29, 0.717) is 43.8 Å². The summed E-state index contributed by atoms with van der Waals surface area (Å²) >= 11 is 0. The van der Waals surface area contributed by atoms with Crippen molar-refractivity contribution in [2.45, 2.75) is 51.2 Å². The first kappa shape index (κ1) is 18.4. The van der Waals surface area contributed by atoms with Crippen molar-refractivity contribution in [2.24, 2.45) is 5.92 Å². The Bertz CT molecular complexity index is 952. The van der Waals surface area contributed by atoms with E-state index in [9.17, 15) is 14.7 Å². The first-order valence-electron chi connectivity index (χ1n) is 10.2. The Morgan fingerprint density at radius 2 is 2.07 bits per heavy atom. The van der Waals surface area contributed by atoms with Crippen LogP contribution in [0.4, 0.5) is 0 Å². The van der Waals surface area contributed by atoms with Gasteiger partial charge in [-0.05, 0) is 32.6 Å². The molecule has 0 radical (unpaired) electrons. The van der Waals surface area contributed by atoms with E-state index in [2.05, 4.69) is 15.1 Å². The predicted molar refractivity (Wildman–Crippen MR) is 101 cm³/mol. The zero-order chi connectivity index (χ0) is 20.2. The molecule has 0 aromatic carbocycles. The van der Waals surface area contributed by atoms with Crippen LogP contribution in [0.3, 0.4) is 0 Å². The maximum absolute atomic E-state index is 13.0. The van der Waals surface area contributed by atoms with E-state index < -0.39 is 5.54 Å². The normalized spacial score (nSPS) is 20.8. The fourth-order valence-corrected chi connectivity index (χ4v) is 4.83. The van der Waals surface area contributed by atoms with E-state index >= 15 is 0 Å². The molecule has 2 amide bonds. The molecule has 0 unspecified atom stereocenters. The number of carbonyl (C=O) groups is 2. The second-order valence-corrected chi connectivity index (χ2v) is 8.29. The molecule has 2 aromatic rings. The highest BCUT2D eigenvalue weighted by Gasteiger charge is 2.51. The highest BCUT2D eigenvalue weighted by atomic mass is 16.5. The van der Waals surface area contributed by atoms with Gasteiger partial charge in [0.2, 0.25) is 5.91 Å². The Labute approximate surface area is 168 Å². The molecule has 154 valence electrons. The summed E-state index contributed by atoms with van der Waals surface area (Å²) in [6.07, 6.45) is 5.72. The maximum atomic E-state index is 13.0. The Morgan fingerprint density at radius 1 is 1.31 bits per heavy atom. The Kier molecular flexibility index (Phi) is 4.23. The molecule has 2 aliphatic heterocycles. The van der Waals surface area contributed by atoms with Gasteiger partial charge in [-0.15, -0.1) is 0 Å². The molecule has 3 aliphatic rings. The highest BCUT2D eigenvalue weighted by Crippen LogP contribution is 2.45. The number of nitrogens with zero attached hydrogens (tertiary/aromatic N) is 4. The average Bonchev–Trinajstić information content (AvgIpc) is 3.35. The van der Waals surface area contributed by atoms with E-state index in [1.54, 1.807) is 18.2 Å². The minimum atomic E-state index is -0.455. The van der Waals surface area contributed by atoms with Crippen molar-refractivity contribution in [1.29, 1.82) is 0 Å². The van der Waals surface area contributed by atoms with Crippen LogP contribution in [0.15, 0.2) is 10.9 Å². The zero-order valence-corrected chi connectivity index (χ0v) is 16.5. The summed E-state index contributed by atoms with van der Waals surface area (Å²) in [6.45, 7) is 3.08. The summed E-state index contributed by atoms with van der Waals surface area (Å²) in [7, 11) is 0. The number of fused-ring (bicyclic) bond motifs is 2. The molecule has 1 saturated carbocycles.